The van der Waals surface area contributed by atoms with Crippen LogP contribution in [-0.2, 0) is 5.41 Å². The third-order valence-electron chi connectivity index (χ3n) is 14.7. The Morgan fingerprint density at radius 3 is 1.61 bits per heavy atom. The second-order valence-corrected chi connectivity index (χ2v) is 18.2. The number of hydrogen-bond acceptors (Lipinski definition) is 4. The maximum absolute atomic E-state index is 7.03. The summed E-state index contributed by atoms with van der Waals surface area (Å²) in [5.74, 6) is 1.72. The summed E-state index contributed by atoms with van der Waals surface area (Å²) >= 11 is 0. The highest BCUT2D eigenvalue weighted by molar-refractivity contribution is 6.17. The number of aromatic nitrogens is 4. The van der Waals surface area contributed by atoms with Crippen LogP contribution in [0.4, 0.5) is 0 Å². The van der Waals surface area contributed by atoms with Crippen LogP contribution in [0.2, 0.25) is 0 Å². The van der Waals surface area contributed by atoms with E-state index >= 15 is 0 Å². The molecule has 0 radical (unpaired) electrons. The Morgan fingerprint density at radius 2 is 0.884 bits per heavy atom. The van der Waals surface area contributed by atoms with E-state index in [1.165, 1.54) is 55.3 Å². The molecule has 5 nitrogen and oxygen atoms in total. The van der Waals surface area contributed by atoms with E-state index in [0.29, 0.717) is 17.5 Å². The molecule has 0 N–H and O–H groups in total. The molecule has 2 aliphatic carbocycles. The molecule has 0 amide bonds. The van der Waals surface area contributed by atoms with Crippen molar-refractivity contribution in [3.05, 3.63) is 253 Å². The lowest BCUT2D eigenvalue weighted by Crippen LogP contribution is -2.25. The monoisotopic (exact) mass is 878 g/mol. The fraction of sp³-hybridized carbons (Fsp3) is 0.0156. The largest absolute Gasteiger partial charge is 0.455 e. The lowest BCUT2D eigenvalue weighted by molar-refractivity contribution is 0.669. The maximum atomic E-state index is 7.03. The fourth-order valence-corrected chi connectivity index (χ4v) is 11.8. The molecule has 320 valence electrons. The van der Waals surface area contributed by atoms with Crippen LogP contribution in [0.3, 0.4) is 0 Å². The summed E-state index contributed by atoms with van der Waals surface area (Å²) in [5.41, 5.74) is 19.5. The van der Waals surface area contributed by atoms with Crippen LogP contribution in [-0.4, -0.2) is 19.5 Å². The Kier molecular flexibility index (Phi) is 7.93. The number of para-hydroxylation sites is 2. The number of rotatable bonds is 5. The van der Waals surface area contributed by atoms with Crippen molar-refractivity contribution in [2.24, 2.45) is 0 Å². The quantitative estimate of drug-likeness (QED) is 0.173. The maximum Gasteiger partial charge on any atom is 0.167 e. The Hall–Kier alpha value is -9.19. The molecule has 0 aliphatic heterocycles. The van der Waals surface area contributed by atoms with Crippen LogP contribution in [0.1, 0.15) is 22.3 Å². The van der Waals surface area contributed by atoms with Gasteiger partial charge in [-0.05, 0) is 98.1 Å². The molecule has 2 aliphatic rings. The molecule has 0 saturated carbocycles. The minimum Gasteiger partial charge on any atom is -0.455 e. The predicted molar refractivity (Wildman–Crippen MR) is 279 cm³/mol. The summed E-state index contributed by atoms with van der Waals surface area (Å²) in [7, 11) is 0. The summed E-state index contributed by atoms with van der Waals surface area (Å²) in [5, 5.41) is 4.41. The Balaban J connectivity index is 1.00. The minimum absolute atomic E-state index is 0.483. The molecule has 3 heterocycles. The second-order valence-electron chi connectivity index (χ2n) is 18.2. The third-order valence-corrected chi connectivity index (χ3v) is 14.7. The van der Waals surface area contributed by atoms with Crippen molar-refractivity contribution < 1.29 is 4.42 Å². The van der Waals surface area contributed by atoms with Gasteiger partial charge >= 0.3 is 0 Å². The summed E-state index contributed by atoms with van der Waals surface area (Å²) in [6.45, 7) is 0. The number of fused-ring (bicyclic) bond motifs is 16. The van der Waals surface area contributed by atoms with E-state index in [9.17, 15) is 0 Å². The van der Waals surface area contributed by atoms with Crippen LogP contribution < -0.4 is 0 Å². The molecular formula is C64H38N4O. The van der Waals surface area contributed by atoms with Crippen LogP contribution >= 0.6 is 0 Å². The molecule has 13 aromatic rings. The van der Waals surface area contributed by atoms with Crippen molar-refractivity contribution in [1.82, 2.24) is 19.5 Å². The summed E-state index contributed by atoms with van der Waals surface area (Å²) in [4.78, 5) is 15.7. The van der Waals surface area contributed by atoms with E-state index < -0.39 is 5.41 Å². The van der Waals surface area contributed by atoms with E-state index in [4.69, 9.17) is 19.4 Å². The van der Waals surface area contributed by atoms with Crippen LogP contribution in [0, 0.1) is 0 Å². The van der Waals surface area contributed by atoms with E-state index in [1.54, 1.807) is 0 Å². The normalized spacial score (nSPS) is 13.0. The van der Waals surface area contributed by atoms with Gasteiger partial charge in [0.2, 0.25) is 0 Å². The minimum atomic E-state index is -0.483. The van der Waals surface area contributed by atoms with Crippen molar-refractivity contribution in [1.29, 1.82) is 0 Å². The number of benzene rings is 10. The first kappa shape index (κ1) is 38.0. The lowest BCUT2D eigenvalue weighted by atomic mass is 9.70. The zero-order valence-electron chi connectivity index (χ0n) is 37.1. The van der Waals surface area contributed by atoms with E-state index in [2.05, 4.69) is 193 Å². The van der Waals surface area contributed by atoms with Crippen molar-refractivity contribution in [3.8, 4) is 73.2 Å². The molecule has 0 saturated heterocycles. The van der Waals surface area contributed by atoms with Crippen molar-refractivity contribution in [3.63, 3.8) is 0 Å². The average Bonchev–Trinajstić information content (AvgIpc) is 4.14. The van der Waals surface area contributed by atoms with E-state index in [0.717, 1.165) is 66.5 Å². The zero-order valence-corrected chi connectivity index (χ0v) is 37.1. The topological polar surface area (TPSA) is 56.7 Å². The SMILES string of the molecule is c1ccc(-c2cccc(-c3nc(-c4ccccc4)nc(-c4ccc(-n5c6ccccc6c6cc7c(cc65)C5(c6ccccc6-c6ccccc65)c5ccccc5-7)c5c4oc4ccccc45)n3)c2)cc1. The van der Waals surface area contributed by atoms with Crippen molar-refractivity contribution in [2.45, 2.75) is 5.41 Å². The van der Waals surface area contributed by atoms with Gasteiger partial charge in [0, 0.05) is 27.3 Å². The molecule has 0 unspecified atom stereocenters. The number of hydrogen-bond donors (Lipinski definition) is 0. The van der Waals surface area contributed by atoms with Crippen molar-refractivity contribution >= 4 is 43.7 Å². The van der Waals surface area contributed by atoms with Crippen LogP contribution in [0.15, 0.2) is 235 Å². The highest BCUT2D eigenvalue weighted by atomic mass is 16.3. The first-order valence-electron chi connectivity index (χ1n) is 23.5. The highest BCUT2D eigenvalue weighted by Gasteiger charge is 2.51. The summed E-state index contributed by atoms with van der Waals surface area (Å²) < 4.78 is 9.49. The Bertz CT molecular complexity index is 4210. The number of nitrogens with zero attached hydrogens (tertiary/aromatic N) is 4. The first-order chi connectivity index (χ1) is 34.2. The molecular weight excluding hydrogens is 841 g/mol. The molecule has 5 heteroatoms. The van der Waals surface area contributed by atoms with Crippen LogP contribution in [0.5, 0.6) is 0 Å². The standard InChI is InChI=1S/C64H38N4O/c1-3-18-39(19-4-1)41-22-17-23-42(36-41)62-65-61(40-20-5-2-6-21-40)66-63(67-62)48-34-35-56(59-47-28-11-16-33-58(47)69-60(48)59)68-55-32-15-10-27-46(55)50-37-49-45-26-9-14-31-53(45)64(54(49)38-57(50)68)51-29-12-7-24-43(51)44-25-8-13-30-52(44)64/h1-38H. The van der Waals surface area contributed by atoms with Gasteiger partial charge in [-0.2, -0.15) is 0 Å². The van der Waals surface area contributed by atoms with Gasteiger partial charge in [0.25, 0.3) is 0 Å². The van der Waals surface area contributed by atoms with Gasteiger partial charge in [0.05, 0.1) is 33.1 Å². The van der Waals surface area contributed by atoms with E-state index in [-0.39, 0.29) is 0 Å². The highest BCUT2D eigenvalue weighted by Crippen LogP contribution is 2.63. The summed E-state index contributed by atoms with van der Waals surface area (Å²) in [6, 6.07) is 82.6. The Morgan fingerprint density at radius 1 is 0.333 bits per heavy atom. The molecule has 15 rings (SSSR count). The van der Waals surface area contributed by atoms with Crippen molar-refractivity contribution in [2.75, 3.05) is 0 Å². The molecule has 69 heavy (non-hydrogen) atoms. The molecule has 0 fully saturated rings. The van der Waals surface area contributed by atoms with E-state index in [1.807, 2.05) is 42.5 Å². The van der Waals surface area contributed by atoms with Gasteiger partial charge in [-0.3, -0.25) is 0 Å². The Labute approximate surface area is 397 Å². The predicted octanol–water partition coefficient (Wildman–Crippen LogP) is 15.9. The molecule has 0 bridgehead atoms. The second kappa shape index (κ2) is 14.4. The van der Waals surface area contributed by atoms with Gasteiger partial charge in [-0.25, -0.2) is 15.0 Å². The van der Waals surface area contributed by atoms with Gasteiger partial charge in [-0.15, -0.1) is 0 Å². The number of furan rings is 1. The van der Waals surface area contributed by atoms with Gasteiger partial charge < -0.3 is 8.98 Å². The molecule has 10 aromatic carbocycles. The van der Waals surface area contributed by atoms with Gasteiger partial charge in [0.1, 0.15) is 11.2 Å². The third kappa shape index (κ3) is 5.32. The molecule has 1 spiro atoms. The lowest BCUT2D eigenvalue weighted by Gasteiger charge is -2.30. The smallest absolute Gasteiger partial charge is 0.167 e. The van der Waals surface area contributed by atoms with Gasteiger partial charge in [-0.1, -0.05) is 188 Å². The van der Waals surface area contributed by atoms with Gasteiger partial charge in [0.15, 0.2) is 17.5 Å². The zero-order chi connectivity index (χ0) is 45.2. The molecule has 0 atom stereocenters. The van der Waals surface area contributed by atoms with Crippen LogP contribution in [0.25, 0.3) is 117 Å². The fourth-order valence-electron chi connectivity index (χ4n) is 11.8. The summed E-state index contributed by atoms with van der Waals surface area (Å²) in [6.07, 6.45) is 0. The average molecular weight is 879 g/mol. The first-order valence-corrected chi connectivity index (χ1v) is 23.5. The molecule has 3 aromatic heterocycles.